The molecule has 0 atom stereocenters. The molecule has 72 valence electrons. The van der Waals surface area contributed by atoms with E-state index in [1.54, 1.807) is 0 Å². The number of benzene rings is 1. The molecule has 4 heteroatoms. The lowest BCUT2D eigenvalue weighted by Crippen LogP contribution is -2.09. The van der Waals surface area contributed by atoms with E-state index >= 15 is 0 Å². The summed E-state index contributed by atoms with van der Waals surface area (Å²) in [6.07, 6.45) is 0. The molecule has 1 amide bonds. The van der Waals surface area contributed by atoms with E-state index in [9.17, 15) is 4.79 Å². The highest BCUT2D eigenvalue weighted by molar-refractivity contribution is 9.12. The van der Waals surface area contributed by atoms with Gasteiger partial charge in [0.15, 0.2) is 0 Å². The Bertz CT molecular complexity index is 418. The Morgan fingerprint density at radius 1 is 1.50 bits per heavy atom. The first-order valence-electron chi connectivity index (χ1n) is 3.83. The number of anilines is 1. The van der Waals surface area contributed by atoms with Gasteiger partial charge in [-0.1, -0.05) is 22.0 Å². The van der Waals surface area contributed by atoms with Crippen LogP contribution in [0.4, 0.5) is 5.69 Å². The third kappa shape index (κ3) is 2.86. The average molecular weight is 317 g/mol. The Morgan fingerprint density at radius 3 is 2.86 bits per heavy atom. The number of hydrogen-bond acceptors (Lipinski definition) is 1. The third-order valence-corrected chi connectivity index (χ3v) is 2.73. The summed E-state index contributed by atoms with van der Waals surface area (Å²) in [5, 5.41) is 2.68. The molecule has 0 aliphatic heterocycles. The summed E-state index contributed by atoms with van der Waals surface area (Å²) in [4.78, 5) is 13.5. The van der Waals surface area contributed by atoms with Gasteiger partial charge in [0.05, 0.1) is 0 Å². The van der Waals surface area contributed by atoms with E-state index in [-0.39, 0.29) is 5.91 Å². The molecule has 0 saturated heterocycles. The van der Waals surface area contributed by atoms with Crippen molar-refractivity contribution in [1.82, 2.24) is 0 Å². The zero-order valence-electron chi connectivity index (χ0n) is 7.40. The largest absolute Gasteiger partial charge is 0.315 e. The second-order valence-corrected chi connectivity index (χ2v) is 3.84. The van der Waals surface area contributed by atoms with Gasteiger partial charge in [-0.15, -0.1) is 0 Å². The van der Waals surface area contributed by atoms with Gasteiger partial charge in [0, 0.05) is 32.0 Å². The van der Waals surface area contributed by atoms with Gasteiger partial charge < -0.3 is 5.32 Å². The first-order valence-corrected chi connectivity index (χ1v) is 5.41. The smallest absolute Gasteiger partial charge is 0.301 e. The predicted octanol–water partition coefficient (Wildman–Crippen LogP) is 3.05. The molecule has 0 aromatic heterocycles. The topological polar surface area (TPSA) is 29.1 Å². The van der Waals surface area contributed by atoms with E-state index in [1.165, 1.54) is 0 Å². The van der Waals surface area contributed by atoms with Crippen LogP contribution in [0.3, 0.4) is 0 Å². The summed E-state index contributed by atoms with van der Waals surface area (Å²) in [6, 6.07) is 5.60. The molecule has 0 spiro atoms. The van der Waals surface area contributed by atoms with Gasteiger partial charge in [0.1, 0.15) is 0 Å². The fourth-order valence-corrected chi connectivity index (χ4v) is 1.49. The standard InChI is InChI=1S/C10H7Br2NO/c1-7-8(12)3-2-4-9(7)13-10(14)5-6-11/h2-4H,1H3,(H,13,14). The monoisotopic (exact) mass is 315 g/mol. The van der Waals surface area contributed by atoms with Gasteiger partial charge in [-0.3, -0.25) is 4.79 Å². The predicted molar refractivity (Wildman–Crippen MR) is 64.2 cm³/mol. The van der Waals surface area contributed by atoms with Crippen molar-refractivity contribution in [2.75, 3.05) is 5.32 Å². The van der Waals surface area contributed by atoms with Gasteiger partial charge in [-0.05, 0) is 29.4 Å². The lowest BCUT2D eigenvalue weighted by atomic mass is 10.2. The van der Waals surface area contributed by atoms with Crippen LogP contribution in [0.2, 0.25) is 0 Å². The van der Waals surface area contributed by atoms with Crippen molar-refractivity contribution < 1.29 is 4.79 Å². The average Bonchev–Trinajstić information content (AvgIpc) is 2.13. The Kier molecular flexibility index (Phi) is 4.18. The normalized spacial score (nSPS) is 8.79. The number of halogens is 2. The minimum atomic E-state index is -0.330. The van der Waals surface area contributed by atoms with E-state index in [2.05, 4.69) is 47.9 Å². The Balaban J connectivity index is 2.90. The van der Waals surface area contributed by atoms with Crippen LogP contribution in [0.5, 0.6) is 0 Å². The molecule has 0 fully saturated rings. The Morgan fingerprint density at radius 2 is 2.21 bits per heavy atom. The summed E-state index contributed by atoms with van der Waals surface area (Å²) in [5.74, 6) is 2.01. The van der Waals surface area contributed by atoms with Crippen molar-refractivity contribution in [3.05, 3.63) is 28.2 Å². The number of carbonyl (C=O) groups excluding carboxylic acids is 1. The van der Waals surface area contributed by atoms with Gasteiger partial charge in [0.25, 0.3) is 0 Å². The maximum Gasteiger partial charge on any atom is 0.301 e. The Labute approximate surface area is 99.3 Å². The highest BCUT2D eigenvalue weighted by Gasteiger charge is 2.03. The number of hydrogen-bond donors (Lipinski definition) is 1. The number of amides is 1. The molecule has 0 aliphatic rings. The molecule has 2 nitrogen and oxygen atoms in total. The summed E-state index contributed by atoms with van der Waals surface area (Å²) in [7, 11) is 0. The van der Waals surface area contributed by atoms with Crippen molar-refractivity contribution in [3.63, 3.8) is 0 Å². The second-order valence-electron chi connectivity index (χ2n) is 2.59. The van der Waals surface area contributed by atoms with Crippen LogP contribution < -0.4 is 5.32 Å². The van der Waals surface area contributed by atoms with E-state index in [4.69, 9.17) is 0 Å². The molecular formula is C10H7Br2NO. The molecule has 0 radical (unpaired) electrons. The summed E-state index contributed by atoms with van der Waals surface area (Å²) in [6.45, 7) is 1.92. The molecule has 0 aliphatic carbocycles. The van der Waals surface area contributed by atoms with E-state index in [0.717, 1.165) is 15.7 Å². The molecule has 0 heterocycles. The second kappa shape index (κ2) is 5.18. The lowest BCUT2D eigenvalue weighted by Gasteiger charge is -2.06. The molecule has 0 bridgehead atoms. The van der Waals surface area contributed by atoms with Gasteiger partial charge in [0.2, 0.25) is 0 Å². The van der Waals surface area contributed by atoms with Crippen LogP contribution in [0.25, 0.3) is 0 Å². The maximum absolute atomic E-state index is 11.1. The zero-order valence-corrected chi connectivity index (χ0v) is 10.6. The van der Waals surface area contributed by atoms with Gasteiger partial charge in [-0.2, -0.15) is 0 Å². The van der Waals surface area contributed by atoms with Gasteiger partial charge in [-0.25, -0.2) is 0 Å². The van der Waals surface area contributed by atoms with Crippen LogP contribution in [0.1, 0.15) is 5.56 Å². The highest BCUT2D eigenvalue weighted by Crippen LogP contribution is 2.23. The lowest BCUT2D eigenvalue weighted by molar-refractivity contribution is -0.111. The SMILES string of the molecule is Cc1c(Br)cccc1NC(=O)C#CBr. The number of nitrogens with one attached hydrogen (secondary N) is 1. The number of rotatable bonds is 1. The first kappa shape index (κ1) is 11.3. The van der Waals surface area contributed by atoms with Crippen molar-refractivity contribution >= 4 is 43.5 Å². The van der Waals surface area contributed by atoms with Gasteiger partial charge >= 0.3 is 5.91 Å². The third-order valence-electron chi connectivity index (χ3n) is 1.68. The molecule has 1 N–H and O–H groups in total. The van der Waals surface area contributed by atoms with Crippen LogP contribution >= 0.6 is 31.9 Å². The molecule has 1 aromatic carbocycles. The van der Waals surface area contributed by atoms with Crippen LogP contribution in [0.15, 0.2) is 22.7 Å². The maximum atomic E-state index is 11.1. The fraction of sp³-hybridized carbons (Fsp3) is 0.100. The molecule has 14 heavy (non-hydrogen) atoms. The van der Waals surface area contributed by atoms with Crippen molar-refractivity contribution in [2.45, 2.75) is 6.92 Å². The minimum Gasteiger partial charge on any atom is -0.315 e. The molecular weight excluding hydrogens is 310 g/mol. The van der Waals surface area contributed by atoms with E-state index in [1.807, 2.05) is 25.1 Å². The fourth-order valence-electron chi connectivity index (χ4n) is 0.939. The molecule has 1 aromatic rings. The quantitative estimate of drug-likeness (QED) is 0.793. The highest BCUT2D eigenvalue weighted by atomic mass is 79.9. The van der Waals surface area contributed by atoms with E-state index < -0.39 is 0 Å². The molecule has 1 rings (SSSR count). The zero-order chi connectivity index (χ0) is 10.6. The number of carbonyl (C=O) groups is 1. The molecule has 0 unspecified atom stereocenters. The summed E-state index contributed by atoms with van der Waals surface area (Å²) < 4.78 is 0.960. The summed E-state index contributed by atoms with van der Waals surface area (Å²) in [5.41, 5.74) is 1.75. The van der Waals surface area contributed by atoms with Crippen LogP contribution in [-0.4, -0.2) is 5.91 Å². The van der Waals surface area contributed by atoms with Crippen LogP contribution in [-0.2, 0) is 4.79 Å². The van der Waals surface area contributed by atoms with Crippen molar-refractivity contribution in [3.8, 4) is 10.8 Å². The van der Waals surface area contributed by atoms with E-state index in [0.29, 0.717) is 0 Å². The van der Waals surface area contributed by atoms with Crippen LogP contribution in [0, 0.1) is 17.7 Å². The van der Waals surface area contributed by atoms with Crippen molar-refractivity contribution in [1.29, 1.82) is 0 Å². The Hall–Kier alpha value is -0.790. The minimum absolute atomic E-state index is 0.330. The first-order chi connectivity index (χ1) is 6.65. The summed E-state index contributed by atoms with van der Waals surface area (Å²) >= 11 is 6.24. The van der Waals surface area contributed by atoms with Crippen molar-refractivity contribution in [2.24, 2.45) is 0 Å². The molecule has 0 saturated carbocycles.